The second kappa shape index (κ2) is 9.04. The Bertz CT molecular complexity index is 1450. The Kier molecular flexibility index (Phi) is 5.56. The maximum atomic E-state index is 13.0. The number of hydrogen-bond donors (Lipinski definition) is 1. The number of anilines is 1. The van der Waals surface area contributed by atoms with E-state index in [4.69, 9.17) is 0 Å². The predicted molar refractivity (Wildman–Crippen MR) is 132 cm³/mol. The van der Waals surface area contributed by atoms with Crippen LogP contribution in [0.1, 0.15) is 47.2 Å². The normalized spacial score (nSPS) is 20.2. The van der Waals surface area contributed by atoms with Crippen LogP contribution in [-0.2, 0) is 16.1 Å². The third kappa shape index (κ3) is 4.05. The summed E-state index contributed by atoms with van der Waals surface area (Å²) < 4.78 is 0. The number of imide groups is 1. The quantitative estimate of drug-likeness (QED) is 0.442. The van der Waals surface area contributed by atoms with Gasteiger partial charge in [-0.05, 0) is 49.1 Å². The van der Waals surface area contributed by atoms with E-state index in [-0.39, 0.29) is 24.2 Å². The van der Waals surface area contributed by atoms with Crippen LogP contribution in [0.5, 0.6) is 0 Å². The maximum absolute atomic E-state index is 13.0. The van der Waals surface area contributed by atoms with Crippen molar-refractivity contribution in [2.45, 2.75) is 38.3 Å². The Balaban J connectivity index is 1.14. The van der Waals surface area contributed by atoms with Crippen LogP contribution in [0.2, 0.25) is 0 Å². The molecule has 2 aromatic heterocycles. The van der Waals surface area contributed by atoms with Gasteiger partial charge in [0, 0.05) is 55.5 Å². The van der Waals surface area contributed by atoms with Crippen molar-refractivity contribution >= 4 is 34.7 Å². The van der Waals surface area contributed by atoms with Gasteiger partial charge in [-0.25, -0.2) is 9.97 Å². The molecule has 3 aliphatic rings. The molecule has 3 aromatic rings. The molecule has 1 atom stereocenters. The van der Waals surface area contributed by atoms with Crippen molar-refractivity contribution in [3.63, 3.8) is 0 Å². The molecule has 0 aliphatic carbocycles. The van der Waals surface area contributed by atoms with E-state index in [2.05, 4.69) is 37.0 Å². The number of hydrogen-bond acceptors (Lipinski definition) is 7. The summed E-state index contributed by atoms with van der Waals surface area (Å²) in [6.45, 7) is 2.04. The van der Waals surface area contributed by atoms with Crippen molar-refractivity contribution in [2.75, 3.05) is 18.0 Å². The molecule has 180 valence electrons. The van der Waals surface area contributed by atoms with E-state index in [1.165, 1.54) is 0 Å². The number of amides is 3. The van der Waals surface area contributed by atoms with E-state index < -0.39 is 11.9 Å². The fourth-order valence-corrected chi connectivity index (χ4v) is 5.16. The van der Waals surface area contributed by atoms with Crippen LogP contribution in [0, 0.1) is 17.8 Å². The molecule has 3 aliphatic heterocycles. The van der Waals surface area contributed by atoms with Gasteiger partial charge in [0.15, 0.2) is 5.65 Å². The van der Waals surface area contributed by atoms with Gasteiger partial charge in [-0.15, -0.1) is 0 Å². The molecule has 0 bridgehead atoms. The summed E-state index contributed by atoms with van der Waals surface area (Å²) in [7, 11) is 0. The number of piperidine rings is 2. The number of fused-ring (bicyclic) bond motifs is 2. The fraction of sp³-hybridized carbons (Fsp3) is 0.333. The lowest BCUT2D eigenvalue weighted by atomic mass is 9.96. The van der Waals surface area contributed by atoms with Crippen molar-refractivity contribution < 1.29 is 14.4 Å². The highest BCUT2D eigenvalue weighted by atomic mass is 16.2. The van der Waals surface area contributed by atoms with Gasteiger partial charge in [0.2, 0.25) is 11.8 Å². The molecule has 1 unspecified atom stereocenters. The molecule has 1 N–H and O–H groups in total. The zero-order valence-corrected chi connectivity index (χ0v) is 19.6. The summed E-state index contributed by atoms with van der Waals surface area (Å²) in [5.41, 5.74) is 3.71. The average molecular weight is 481 g/mol. The van der Waals surface area contributed by atoms with Crippen LogP contribution in [-0.4, -0.2) is 56.7 Å². The van der Waals surface area contributed by atoms with Crippen molar-refractivity contribution in [1.82, 2.24) is 25.2 Å². The van der Waals surface area contributed by atoms with Crippen LogP contribution in [0.25, 0.3) is 11.2 Å². The summed E-state index contributed by atoms with van der Waals surface area (Å²) >= 11 is 0. The zero-order chi connectivity index (χ0) is 24.6. The van der Waals surface area contributed by atoms with Gasteiger partial charge in [-0.3, -0.25) is 24.7 Å². The van der Waals surface area contributed by atoms with Crippen molar-refractivity contribution in [3.8, 4) is 11.8 Å². The third-order valence-corrected chi connectivity index (χ3v) is 7.13. The molecule has 9 heteroatoms. The molecule has 3 amide bonds. The number of pyridine rings is 1. The van der Waals surface area contributed by atoms with Crippen LogP contribution in [0.15, 0.2) is 42.7 Å². The molecule has 36 heavy (non-hydrogen) atoms. The molecule has 9 nitrogen and oxygen atoms in total. The summed E-state index contributed by atoms with van der Waals surface area (Å²) in [4.78, 5) is 53.9. The lowest BCUT2D eigenvalue weighted by Crippen LogP contribution is -2.52. The number of aromatic nitrogens is 3. The highest BCUT2D eigenvalue weighted by molar-refractivity contribution is 6.05. The Hall–Kier alpha value is -4.32. The lowest BCUT2D eigenvalue weighted by molar-refractivity contribution is -0.136. The van der Waals surface area contributed by atoms with Crippen LogP contribution < -0.4 is 10.2 Å². The number of nitrogens with zero attached hydrogens (tertiary/aromatic N) is 5. The first kappa shape index (κ1) is 22.2. The van der Waals surface area contributed by atoms with Gasteiger partial charge in [0.25, 0.3) is 5.91 Å². The first-order chi connectivity index (χ1) is 17.6. The molecule has 6 rings (SSSR count). The highest BCUT2D eigenvalue weighted by Crippen LogP contribution is 2.30. The minimum atomic E-state index is -0.623. The predicted octanol–water partition coefficient (Wildman–Crippen LogP) is 2.05. The fourth-order valence-electron chi connectivity index (χ4n) is 5.16. The van der Waals surface area contributed by atoms with Gasteiger partial charge < -0.3 is 9.80 Å². The van der Waals surface area contributed by atoms with Crippen molar-refractivity contribution in [3.05, 3.63) is 59.4 Å². The SMILES string of the molecule is O=C1CCC(N2Cc3c(C#CC4CCN(c5ccc6nccnc6n5)CC4)cccc3C2=O)C(=O)N1. The number of carbonyl (C=O) groups excluding carboxylic acids is 3. The minimum absolute atomic E-state index is 0.177. The summed E-state index contributed by atoms with van der Waals surface area (Å²) in [5.74, 6) is 7.03. The Labute approximate surface area is 207 Å². The molecule has 1 aromatic carbocycles. The highest BCUT2D eigenvalue weighted by Gasteiger charge is 2.39. The first-order valence-electron chi connectivity index (χ1n) is 12.2. The van der Waals surface area contributed by atoms with Gasteiger partial charge in [-0.1, -0.05) is 17.9 Å². The number of rotatable bonds is 2. The largest absolute Gasteiger partial charge is 0.356 e. The molecule has 2 saturated heterocycles. The van der Waals surface area contributed by atoms with Crippen molar-refractivity contribution in [1.29, 1.82) is 0 Å². The van der Waals surface area contributed by atoms with Crippen molar-refractivity contribution in [2.24, 2.45) is 5.92 Å². The molecule has 0 spiro atoms. The average Bonchev–Trinajstić information content (AvgIpc) is 3.24. The second-order valence-corrected chi connectivity index (χ2v) is 9.33. The van der Waals surface area contributed by atoms with Gasteiger partial charge in [0.05, 0.1) is 0 Å². The van der Waals surface area contributed by atoms with Gasteiger partial charge in [0.1, 0.15) is 17.4 Å². The lowest BCUT2D eigenvalue weighted by Gasteiger charge is -2.30. The van der Waals surface area contributed by atoms with Crippen LogP contribution >= 0.6 is 0 Å². The van der Waals surface area contributed by atoms with Crippen LogP contribution in [0.4, 0.5) is 5.82 Å². The Morgan fingerprint density at radius 2 is 1.81 bits per heavy atom. The Morgan fingerprint density at radius 1 is 0.972 bits per heavy atom. The minimum Gasteiger partial charge on any atom is -0.356 e. The second-order valence-electron chi connectivity index (χ2n) is 9.33. The molecule has 0 saturated carbocycles. The molecule has 0 radical (unpaired) electrons. The summed E-state index contributed by atoms with van der Waals surface area (Å²) in [6, 6.07) is 8.87. The van der Waals surface area contributed by atoms with Gasteiger partial charge >= 0.3 is 0 Å². The summed E-state index contributed by atoms with van der Waals surface area (Å²) in [5, 5.41) is 2.35. The van der Waals surface area contributed by atoms with Crippen LogP contribution in [0.3, 0.4) is 0 Å². The Morgan fingerprint density at radius 3 is 2.64 bits per heavy atom. The topological polar surface area (TPSA) is 108 Å². The number of nitrogens with one attached hydrogen (secondary N) is 1. The van der Waals surface area contributed by atoms with E-state index in [1.54, 1.807) is 23.4 Å². The first-order valence-corrected chi connectivity index (χ1v) is 12.2. The molecular formula is C27H24N6O3. The molecule has 5 heterocycles. The van der Waals surface area contributed by atoms with E-state index in [0.29, 0.717) is 24.2 Å². The molecule has 2 fully saturated rings. The van der Waals surface area contributed by atoms with E-state index in [1.807, 2.05) is 24.3 Å². The standard InChI is InChI=1S/C27H24N6O3/c34-24-9-7-22(26(35)31-24)33-16-20-18(2-1-3-19(20)27(33)36)5-4-17-10-14-32(15-11-17)23-8-6-21-25(30-23)29-13-12-28-21/h1-3,6,8,12-13,17,22H,7,9-11,14-16H2,(H,31,34,35). The van der Waals surface area contributed by atoms with E-state index in [9.17, 15) is 14.4 Å². The zero-order valence-electron chi connectivity index (χ0n) is 19.6. The monoisotopic (exact) mass is 480 g/mol. The van der Waals surface area contributed by atoms with Gasteiger partial charge in [-0.2, -0.15) is 0 Å². The third-order valence-electron chi connectivity index (χ3n) is 7.13. The number of carbonyl (C=O) groups is 3. The maximum Gasteiger partial charge on any atom is 0.255 e. The van der Waals surface area contributed by atoms with E-state index >= 15 is 0 Å². The number of benzene rings is 1. The summed E-state index contributed by atoms with van der Waals surface area (Å²) in [6.07, 6.45) is 5.75. The smallest absolute Gasteiger partial charge is 0.255 e. The van der Waals surface area contributed by atoms with E-state index in [0.717, 1.165) is 48.4 Å². The molecular weight excluding hydrogens is 456 g/mol.